The van der Waals surface area contributed by atoms with E-state index in [1.807, 2.05) is 39.0 Å². The molecule has 1 aromatic heterocycles. The van der Waals surface area contributed by atoms with Crippen LogP contribution in [-0.4, -0.2) is 29.6 Å². The largest absolute Gasteiger partial charge is 0.493 e. The lowest BCUT2D eigenvalue weighted by Crippen LogP contribution is -2.29. The third kappa shape index (κ3) is 4.90. The molecule has 0 amide bonds. The number of fused-ring (bicyclic) bond motifs is 1. The summed E-state index contributed by atoms with van der Waals surface area (Å²) >= 11 is 10.4. The van der Waals surface area contributed by atoms with Crippen molar-refractivity contribution in [3.05, 3.63) is 59.4 Å². The van der Waals surface area contributed by atoms with Crippen LogP contribution in [-0.2, 0) is 5.41 Å². The minimum atomic E-state index is -0.428. The SMILES string of the molecule is COc1cc(C=Nn2c(C(C)(C)C)nc3ccc(Br)cc3c2=O)c(Br)c(Br)c1OCC#N. The summed E-state index contributed by atoms with van der Waals surface area (Å²) in [5.41, 5.74) is 0.550. The third-order valence-electron chi connectivity index (χ3n) is 4.45. The van der Waals surface area contributed by atoms with Gasteiger partial charge in [-0.3, -0.25) is 4.79 Å². The number of hydrogen-bond acceptors (Lipinski definition) is 6. The van der Waals surface area contributed by atoms with Crippen molar-refractivity contribution in [1.82, 2.24) is 9.66 Å². The van der Waals surface area contributed by atoms with Crippen molar-refractivity contribution < 1.29 is 9.47 Å². The number of ether oxygens (including phenoxy) is 2. The van der Waals surface area contributed by atoms with Gasteiger partial charge in [-0.2, -0.15) is 15.0 Å². The van der Waals surface area contributed by atoms with Gasteiger partial charge < -0.3 is 9.47 Å². The monoisotopic (exact) mass is 624 g/mol. The molecule has 0 spiro atoms. The average Bonchev–Trinajstić information content (AvgIpc) is 2.74. The smallest absolute Gasteiger partial charge is 0.282 e. The molecule has 3 aromatic rings. The lowest BCUT2D eigenvalue weighted by atomic mass is 9.95. The molecular weight excluding hydrogens is 608 g/mol. The second-order valence-electron chi connectivity index (χ2n) is 7.78. The molecule has 1 heterocycles. The highest BCUT2D eigenvalue weighted by atomic mass is 79.9. The summed E-state index contributed by atoms with van der Waals surface area (Å²) in [4.78, 5) is 18.0. The van der Waals surface area contributed by atoms with Crippen molar-refractivity contribution in [3.8, 4) is 17.6 Å². The minimum Gasteiger partial charge on any atom is -0.493 e. The summed E-state index contributed by atoms with van der Waals surface area (Å²) in [5.74, 6) is 1.34. The predicted octanol–water partition coefficient (Wildman–Crippen LogP) is 5.77. The van der Waals surface area contributed by atoms with E-state index in [4.69, 9.17) is 19.7 Å². The van der Waals surface area contributed by atoms with E-state index in [-0.39, 0.29) is 12.2 Å². The van der Waals surface area contributed by atoms with Gasteiger partial charge in [-0.25, -0.2) is 4.98 Å². The number of methoxy groups -OCH3 is 1. The van der Waals surface area contributed by atoms with E-state index in [2.05, 4.69) is 52.9 Å². The van der Waals surface area contributed by atoms with Crippen molar-refractivity contribution in [2.45, 2.75) is 26.2 Å². The van der Waals surface area contributed by atoms with E-state index in [0.717, 1.165) is 4.47 Å². The van der Waals surface area contributed by atoms with E-state index < -0.39 is 5.41 Å². The molecule has 10 heteroatoms. The van der Waals surface area contributed by atoms with Crippen LogP contribution in [0.1, 0.15) is 32.2 Å². The van der Waals surface area contributed by atoms with Crippen LogP contribution >= 0.6 is 47.8 Å². The van der Waals surface area contributed by atoms with Gasteiger partial charge in [0.15, 0.2) is 18.1 Å². The molecule has 0 aliphatic rings. The molecule has 0 fully saturated rings. The summed E-state index contributed by atoms with van der Waals surface area (Å²) < 4.78 is 14.2. The maximum absolute atomic E-state index is 13.3. The summed E-state index contributed by atoms with van der Waals surface area (Å²) in [6, 6.07) is 9.04. The highest BCUT2D eigenvalue weighted by Gasteiger charge is 2.23. The second kappa shape index (κ2) is 9.73. The van der Waals surface area contributed by atoms with Gasteiger partial charge in [-0.05, 0) is 56.1 Å². The Labute approximate surface area is 210 Å². The molecule has 0 saturated heterocycles. The molecule has 0 atom stereocenters. The van der Waals surface area contributed by atoms with Crippen LogP contribution in [0.5, 0.6) is 11.5 Å². The Morgan fingerprint density at radius 3 is 2.56 bits per heavy atom. The minimum absolute atomic E-state index is 0.127. The first kappa shape index (κ1) is 24.4. The van der Waals surface area contributed by atoms with Crippen molar-refractivity contribution in [2.75, 3.05) is 13.7 Å². The van der Waals surface area contributed by atoms with E-state index in [1.165, 1.54) is 11.8 Å². The lowest BCUT2D eigenvalue weighted by Gasteiger charge is -2.21. The molecule has 0 saturated carbocycles. The summed E-state index contributed by atoms with van der Waals surface area (Å²) in [5, 5.41) is 13.8. The zero-order chi connectivity index (χ0) is 23.6. The first-order chi connectivity index (χ1) is 15.1. The normalized spacial score (nSPS) is 11.7. The summed E-state index contributed by atoms with van der Waals surface area (Å²) in [6.07, 6.45) is 1.55. The molecule has 0 bridgehead atoms. The lowest BCUT2D eigenvalue weighted by molar-refractivity contribution is 0.327. The average molecular weight is 627 g/mol. The number of benzene rings is 2. The van der Waals surface area contributed by atoms with Crippen molar-refractivity contribution >= 4 is 64.9 Å². The maximum atomic E-state index is 13.3. The molecule has 2 aromatic carbocycles. The molecule has 0 unspecified atom stereocenters. The van der Waals surface area contributed by atoms with E-state index in [1.54, 1.807) is 18.3 Å². The van der Waals surface area contributed by atoms with Gasteiger partial charge in [0.1, 0.15) is 11.9 Å². The molecule has 3 rings (SSSR count). The van der Waals surface area contributed by atoms with Crippen LogP contribution in [0.2, 0.25) is 0 Å². The van der Waals surface area contributed by atoms with Crippen LogP contribution in [0.3, 0.4) is 0 Å². The first-order valence-electron chi connectivity index (χ1n) is 9.41. The van der Waals surface area contributed by atoms with Gasteiger partial charge in [-0.15, -0.1) is 0 Å². The van der Waals surface area contributed by atoms with Gasteiger partial charge in [0.05, 0.1) is 28.7 Å². The number of rotatable bonds is 5. The Kier molecular flexibility index (Phi) is 7.43. The van der Waals surface area contributed by atoms with Crippen LogP contribution in [0, 0.1) is 11.3 Å². The molecule has 166 valence electrons. The number of hydrogen-bond donors (Lipinski definition) is 0. The first-order valence-corrected chi connectivity index (χ1v) is 11.8. The van der Waals surface area contributed by atoms with Gasteiger partial charge >= 0.3 is 0 Å². The molecule has 32 heavy (non-hydrogen) atoms. The van der Waals surface area contributed by atoms with Gasteiger partial charge in [-0.1, -0.05) is 36.7 Å². The Morgan fingerprint density at radius 2 is 1.94 bits per heavy atom. The van der Waals surface area contributed by atoms with Crippen molar-refractivity contribution in [3.63, 3.8) is 0 Å². The topological polar surface area (TPSA) is 89.5 Å². The van der Waals surface area contributed by atoms with E-state index in [9.17, 15) is 4.79 Å². The Hall–Kier alpha value is -2.22. The van der Waals surface area contributed by atoms with Crippen LogP contribution in [0.25, 0.3) is 10.9 Å². The van der Waals surface area contributed by atoms with E-state index in [0.29, 0.717) is 42.7 Å². The molecule has 0 aliphatic carbocycles. The maximum Gasteiger partial charge on any atom is 0.282 e. The highest BCUT2D eigenvalue weighted by molar-refractivity contribution is 9.13. The summed E-state index contributed by atoms with van der Waals surface area (Å²) in [7, 11) is 1.50. The molecule has 7 nitrogen and oxygen atoms in total. The third-order valence-corrected chi connectivity index (χ3v) is 7.08. The predicted molar refractivity (Wildman–Crippen MR) is 135 cm³/mol. The molecule has 0 N–H and O–H groups in total. The fourth-order valence-corrected chi connectivity index (χ4v) is 4.25. The quantitative estimate of drug-likeness (QED) is 0.335. The van der Waals surface area contributed by atoms with E-state index >= 15 is 0 Å². The molecule has 0 aliphatic heterocycles. The van der Waals surface area contributed by atoms with Crippen molar-refractivity contribution in [1.29, 1.82) is 5.26 Å². The molecule has 0 radical (unpaired) electrons. The zero-order valence-corrected chi connectivity index (χ0v) is 22.5. The van der Waals surface area contributed by atoms with Crippen molar-refractivity contribution in [2.24, 2.45) is 5.10 Å². The Bertz CT molecular complexity index is 1320. The fourth-order valence-electron chi connectivity index (χ4n) is 2.95. The number of nitriles is 1. The molecular formula is C22H19Br3N4O3. The standard InChI is InChI=1S/C22H19Br3N4O3/c1-22(2,3)21-28-15-6-5-13(23)10-14(15)20(30)29(21)27-11-12-9-16(31-4)19(32-8-7-26)18(25)17(12)24/h5-6,9-11H,8H2,1-4H3. The fraction of sp³-hybridized carbons (Fsp3) is 0.273. The van der Waals surface area contributed by atoms with Crippen LogP contribution < -0.4 is 15.0 Å². The van der Waals surface area contributed by atoms with Gasteiger partial charge in [0, 0.05) is 19.9 Å². The highest BCUT2D eigenvalue weighted by Crippen LogP contribution is 2.42. The Balaban J connectivity index is 2.20. The number of nitrogens with zero attached hydrogens (tertiary/aromatic N) is 4. The van der Waals surface area contributed by atoms with Crippen LogP contribution in [0.4, 0.5) is 0 Å². The zero-order valence-electron chi connectivity index (χ0n) is 17.7. The Morgan fingerprint density at radius 1 is 1.22 bits per heavy atom. The van der Waals surface area contributed by atoms with Gasteiger partial charge in [0.2, 0.25) is 0 Å². The van der Waals surface area contributed by atoms with Gasteiger partial charge in [0.25, 0.3) is 5.56 Å². The number of halogens is 3. The second-order valence-corrected chi connectivity index (χ2v) is 10.3. The number of aromatic nitrogens is 2. The van der Waals surface area contributed by atoms with Crippen LogP contribution in [0.15, 0.2) is 47.6 Å². The summed E-state index contributed by atoms with van der Waals surface area (Å²) in [6.45, 7) is 5.80.